The van der Waals surface area contributed by atoms with Crippen molar-refractivity contribution in [1.82, 2.24) is 14.4 Å². The lowest BCUT2D eigenvalue weighted by Crippen LogP contribution is -2.37. The molecule has 2 aromatic rings. The van der Waals surface area contributed by atoms with Crippen molar-refractivity contribution < 1.29 is 17.7 Å². The molecule has 1 aliphatic carbocycles. The monoisotopic (exact) mass is 423 g/mol. The van der Waals surface area contributed by atoms with E-state index in [2.05, 4.69) is 5.16 Å². The predicted octanol–water partition coefficient (Wildman–Crippen LogP) is 2.77. The van der Waals surface area contributed by atoms with Crippen molar-refractivity contribution in [3.8, 4) is 0 Å². The van der Waals surface area contributed by atoms with Gasteiger partial charge in [0.15, 0.2) is 5.76 Å². The lowest BCUT2D eigenvalue weighted by molar-refractivity contribution is 0.0769. The molecule has 9 heteroatoms. The minimum atomic E-state index is -3.68. The van der Waals surface area contributed by atoms with Gasteiger partial charge < -0.3 is 9.42 Å². The Labute approximate surface area is 169 Å². The zero-order valence-electron chi connectivity index (χ0n) is 16.2. The quantitative estimate of drug-likeness (QED) is 0.758. The number of aryl methyl sites for hydroxylation is 4. The summed E-state index contributed by atoms with van der Waals surface area (Å²) in [5.74, 6) is 0.329. The van der Waals surface area contributed by atoms with Crippen molar-refractivity contribution >= 4 is 27.3 Å². The van der Waals surface area contributed by atoms with E-state index >= 15 is 0 Å². The van der Waals surface area contributed by atoms with Crippen molar-refractivity contribution in [2.45, 2.75) is 50.8 Å². The molecule has 4 rings (SSSR count). The molecule has 1 amide bonds. The summed E-state index contributed by atoms with van der Waals surface area (Å²) in [4.78, 5) is 17.1. The molecule has 0 radical (unpaired) electrons. The molecule has 2 aromatic heterocycles. The van der Waals surface area contributed by atoms with Gasteiger partial charge in [0.05, 0.1) is 4.88 Å². The second-order valence-electron chi connectivity index (χ2n) is 7.47. The Hall–Kier alpha value is -1.71. The number of hydrogen-bond acceptors (Lipinski definition) is 6. The first-order valence-corrected chi connectivity index (χ1v) is 12.0. The molecule has 152 valence electrons. The standard InChI is InChI=1S/C19H25N3O4S2/c1-13-18(14(2)26-20-13)28(24,25)22-9-5-8-21(10-11-22)19(23)17-12-15-6-3-4-7-16(15)27-17/h12H,3-11H2,1-2H3. The van der Waals surface area contributed by atoms with Gasteiger partial charge in [-0.05, 0) is 57.6 Å². The van der Waals surface area contributed by atoms with E-state index in [9.17, 15) is 13.2 Å². The average molecular weight is 424 g/mol. The van der Waals surface area contributed by atoms with Gasteiger partial charge in [0, 0.05) is 31.1 Å². The van der Waals surface area contributed by atoms with Crippen LogP contribution in [0, 0.1) is 13.8 Å². The molecule has 0 spiro atoms. The number of fused-ring (bicyclic) bond motifs is 1. The third kappa shape index (κ3) is 3.51. The molecule has 1 fully saturated rings. The van der Waals surface area contributed by atoms with Crippen LogP contribution in [0.1, 0.15) is 50.8 Å². The Morgan fingerprint density at radius 2 is 1.89 bits per heavy atom. The highest BCUT2D eigenvalue weighted by Crippen LogP contribution is 2.31. The van der Waals surface area contributed by atoms with Crippen molar-refractivity contribution in [3.05, 3.63) is 32.8 Å². The molecule has 0 saturated carbocycles. The normalized spacial score (nSPS) is 18.7. The third-order valence-corrected chi connectivity index (χ3v) is 8.88. The molecule has 7 nitrogen and oxygen atoms in total. The van der Waals surface area contributed by atoms with Gasteiger partial charge in [-0.25, -0.2) is 8.42 Å². The highest BCUT2D eigenvalue weighted by Gasteiger charge is 2.33. The molecule has 1 saturated heterocycles. The maximum absolute atomic E-state index is 13.0. The predicted molar refractivity (Wildman–Crippen MR) is 106 cm³/mol. The fraction of sp³-hybridized carbons (Fsp3) is 0.579. The first-order valence-electron chi connectivity index (χ1n) is 9.72. The van der Waals surface area contributed by atoms with Crippen molar-refractivity contribution in [2.75, 3.05) is 26.2 Å². The van der Waals surface area contributed by atoms with Gasteiger partial charge in [-0.2, -0.15) is 4.31 Å². The van der Waals surface area contributed by atoms with Crippen LogP contribution in [0.2, 0.25) is 0 Å². The maximum Gasteiger partial charge on any atom is 0.263 e. The van der Waals surface area contributed by atoms with E-state index in [0.717, 1.165) is 17.7 Å². The molecule has 28 heavy (non-hydrogen) atoms. The van der Waals surface area contributed by atoms with E-state index < -0.39 is 10.0 Å². The number of carbonyl (C=O) groups is 1. The van der Waals surface area contributed by atoms with Gasteiger partial charge in [0.1, 0.15) is 10.6 Å². The van der Waals surface area contributed by atoms with Gasteiger partial charge in [0.2, 0.25) is 10.0 Å². The molecular formula is C19H25N3O4S2. The molecule has 0 unspecified atom stereocenters. The number of sulfonamides is 1. The Balaban J connectivity index is 1.49. The Kier molecular flexibility index (Phi) is 5.32. The Morgan fingerprint density at radius 1 is 1.11 bits per heavy atom. The number of aromatic nitrogens is 1. The lowest BCUT2D eigenvalue weighted by Gasteiger charge is -2.21. The number of amides is 1. The average Bonchev–Trinajstić information content (AvgIpc) is 3.14. The number of nitrogens with zero attached hydrogens (tertiary/aromatic N) is 3. The topological polar surface area (TPSA) is 83.7 Å². The van der Waals surface area contributed by atoms with Crippen LogP contribution in [-0.2, 0) is 22.9 Å². The first-order chi connectivity index (χ1) is 13.4. The molecule has 3 heterocycles. The van der Waals surface area contributed by atoms with Crippen molar-refractivity contribution in [2.24, 2.45) is 0 Å². The van der Waals surface area contributed by atoms with E-state index in [1.165, 1.54) is 27.6 Å². The van der Waals surface area contributed by atoms with Gasteiger partial charge in [0.25, 0.3) is 5.91 Å². The Morgan fingerprint density at radius 3 is 2.61 bits per heavy atom. The van der Waals surface area contributed by atoms with E-state index in [-0.39, 0.29) is 17.3 Å². The summed E-state index contributed by atoms with van der Waals surface area (Å²) >= 11 is 1.61. The van der Waals surface area contributed by atoms with Crippen LogP contribution in [0.15, 0.2) is 15.5 Å². The van der Waals surface area contributed by atoms with E-state index in [4.69, 9.17) is 4.52 Å². The molecule has 0 atom stereocenters. The summed E-state index contributed by atoms with van der Waals surface area (Å²) in [6, 6.07) is 2.05. The molecule has 2 aliphatic rings. The maximum atomic E-state index is 13.0. The van der Waals surface area contributed by atoms with E-state index in [0.29, 0.717) is 37.5 Å². The third-order valence-electron chi connectivity index (χ3n) is 5.52. The van der Waals surface area contributed by atoms with Crippen molar-refractivity contribution in [3.63, 3.8) is 0 Å². The summed E-state index contributed by atoms with van der Waals surface area (Å²) in [5, 5.41) is 3.77. The van der Waals surface area contributed by atoms with Crippen LogP contribution in [0.4, 0.5) is 0 Å². The molecule has 0 bridgehead atoms. The lowest BCUT2D eigenvalue weighted by atomic mass is 9.99. The SMILES string of the molecule is Cc1noc(C)c1S(=O)(=O)N1CCCN(C(=O)c2cc3c(s2)CCCC3)CC1. The van der Waals surface area contributed by atoms with Gasteiger partial charge >= 0.3 is 0 Å². The molecule has 1 aliphatic heterocycles. The van der Waals surface area contributed by atoms with Crippen LogP contribution in [-0.4, -0.2) is 54.9 Å². The smallest absolute Gasteiger partial charge is 0.263 e. The van der Waals surface area contributed by atoms with Crippen LogP contribution >= 0.6 is 11.3 Å². The van der Waals surface area contributed by atoms with Gasteiger partial charge in [-0.1, -0.05) is 5.16 Å². The zero-order chi connectivity index (χ0) is 19.9. The van der Waals surface area contributed by atoms with Crippen LogP contribution < -0.4 is 0 Å². The largest absolute Gasteiger partial charge is 0.360 e. The number of carbonyl (C=O) groups excluding carboxylic acids is 1. The van der Waals surface area contributed by atoms with Crippen molar-refractivity contribution in [1.29, 1.82) is 0 Å². The number of rotatable bonds is 3. The zero-order valence-corrected chi connectivity index (χ0v) is 17.9. The summed E-state index contributed by atoms with van der Waals surface area (Å²) in [7, 11) is -3.68. The van der Waals surface area contributed by atoms with Gasteiger partial charge in [-0.15, -0.1) is 11.3 Å². The molecule has 0 N–H and O–H groups in total. The first kappa shape index (κ1) is 19.6. The Bertz CT molecular complexity index is 950. The summed E-state index contributed by atoms with van der Waals surface area (Å²) in [6.07, 6.45) is 5.12. The number of thiophene rings is 1. The van der Waals surface area contributed by atoms with Gasteiger partial charge in [-0.3, -0.25) is 4.79 Å². The van der Waals surface area contributed by atoms with Crippen LogP contribution in [0.5, 0.6) is 0 Å². The second kappa shape index (κ2) is 7.61. The minimum absolute atomic E-state index is 0.0241. The molecular weight excluding hydrogens is 398 g/mol. The number of hydrogen-bond donors (Lipinski definition) is 0. The fourth-order valence-electron chi connectivity index (χ4n) is 4.06. The summed E-state index contributed by atoms with van der Waals surface area (Å²) in [5.41, 5.74) is 1.69. The highest BCUT2D eigenvalue weighted by molar-refractivity contribution is 7.89. The fourth-order valence-corrected chi connectivity index (χ4v) is 7.04. The molecule has 0 aromatic carbocycles. The summed E-state index contributed by atoms with van der Waals surface area (Å²) < 4.78 is 32.6. The second-order valence-corrected chi connectivity index (χ2v) is 10.5. The minimum Gasteiger partial charge on any atom is -0.360 e. The van der Waals surface area contributed by atoms with Crippen LogP contribution in [0.3, 0.4) is 0 Å². The van der Waals surface area contributed by atoms with Crippen LogP contribution in [0.25, 0.3) is 0 Å². The van der Waals surface area contributed by atoms with E-state index in [1.807, 2.05) is 6.07 Å². The highest BCUT2D eigenvalue weighted by atomic mass is 32.2. The van der Waals surface area contributed by atoms with E-state index in [1.54, 1.807) is 30.1 Å². The summed E-state index contributed by atoms with van der Waals surface area (Å²) in [6.45, 7) is 4.87.